The van der Waals surface area contributed by atoms with Crippen molar-refractivity contribution in [3.8, 4) is 17.2 Å². The van der Waals surface area contributed by atoms with E-state index in [1.54, 1.807) is 13.8 Å². The number of phenols is 3. The molecule has 0 spiro atoms. The number of hydrogen-bond acceptors (Lipinski definition) is 3. The largest absolute Gasteiger partial charge is 0.507 e. The zero-order valence-electron chi connectivity index (χ0n) is 8.92. The van der Waals surface area contributed by atoms with E-state index >= 15 is 0 Å². The molecule has 0 unspecified atom stereocenters. The van der Waals surface area contributed by atoms with Gasteiger partial charge in [-0.1, -0.05) is 13.8 Å². The van der Waals surface area contributed by atoms with Gasteiger partial charge in [0.25, 0.3) is 0 Å². The quantitative estimate of drug-likeness (QED) is 0.646. The predicted octanol–water partition coefficient (Wildman–Crippen LogP) is 2.54. The minimum atomic E-state index is -0.0376. The van der Waals surface area contributed by atoms with Crippen LogP contribution in [0.5, 0.6) is 17.2 Å². The van der Waals surface area contributed by atoms with Crippen molar-refractivity contribution in [1.82, 2.24) is 0 Å². The van der Waals surface area contributed by atoms with Crippen LogP contribution in [-0.2, 0) is 0 Å². The first-order valence-corrected chi connectivity index (χ1v) is 4.61. The summed E-state index contributed by atoms with van der Waals surface area (Å²) in [6.45, 7) is 7.02. The second-order valence-corrected chi connectivity index (χ2v) is 3.86. The lowest BCUT2D eigenvalue weighted by molar-refractivity contribution is 0.405. The minimum absolute atomic E-state index is 0.0133. The van der Waals surface area contributed by atoms with E-state index in [0.717, 1.165) is 0 Å². The van der Waals surface area contributed by atoms with E-state index in [2.05, 4.69) is 0 Å². The van der Waals surface area contributed by atoms with E-state index < -0.39 is 0 Å². The number of benzene rings is 1. The molecule has 78 valence electrons. The topological polar surface area (TPSA) is 60.7 Å². The molecule has 0 saturated carbocycles. The van der Waals surface area contributed by atoms with Gasteiger partial charge >= 0.3 is 0 Å². The van der Waals surface area contributed by atoms with Crippen molar-refractivity contribution in [2.75, 3.05) is 0 Å². The van der Waals surface area contributed by atoms with Gasteiger partial charge in [0.15, 0.2) is 0 Å². The first-order chi connectivity index (χ1) is 6.37. The maximum atomic E-state index is 9.73. The van der Waals surface area contributed by atoms with Crippen molar-refractivity contribution in [1.29, 1.82) is 0 Å². The molecule has 0 fully saturated rings. The molecular weight excluding hydrogens is 180 g/mol. The SMILES string of the molecule is Cc1c(O)c(C)c(O)c(C(C)C)c1O. The second-order valence-electron chi connectivity index (χ2n) is 3.86. The molecule has 0 aliphatic rings. The molecule has 0 saturated heterocycles. The monoisotopic (exact) mass is 196 g/mol. The molecule has 0 aliphatic carbocycles. The summed E-state index contributed by atoms with van der Waals surface area (Å²) in [5.41, 5.74) is 1.34. The van der Waals surface area contributed by atoms with Gasteiger partial charge in [-0.05, 0) is 19.8 Å². The van der Waals surface area contributed by atoms with Crippen LogP contribution in [0, 0.1) is 13.8 Å². The van der Waals surface area contributed by atoms with E-state index in [1.807, 2.05) is 13.8 Å². The molecule has 0 atom stereocenters. The van der Waals surface area contributed by atoms with Crippen LogP contribution >= 0.6 is 0 Å². The maximum Gasteiger partial charge on any atom is 0.129 e. The fourth-order valence-corrected chi connectivity index (χ4v) is 1.57. The first kappa shape index (κ1) is 10.7. The second kappa shape index (κ2) is 3.40. The lowest BCUT2D eigenvalue weighted by Crippen LogP contribution is -1.94. The summed E-state index contributed by atoms with van der Waals surface area (Å²) in [6.07, 6.45) is 0. The molecule has 1 aromatic carbocycles. The standard InChI is InChI=1S/C11H16O3/c1-5(2)8-10(13)6(3)9(12)7(4)11(8)14/h5,12-14H,1-4H3. The molecule has 1 aromatic rings. The summed E-state index contributed by atoms with van der Waals surface area (Å²) in [5, 5.41) is 29.0. The minimum Gasteiger partial charge on any atom is -0.507 e. The molecule has 0 radical (unpaired) electrons. The third-order valence-electron chi connectivity index (χ3n) is 2.51. The molecule has 0 aromatic heterocycles. The number of rotatable bonds is 1. The van der Waals surface area contributed by atoms with Crippen LogP contribution in [-0.4, -0.2) is 15.3 Å². The van der Waals surface area contributed by atoms with Crippen molar-refractivity contribution in [2.45, 2.75) is 33.6 Å². The Hall–Kier alpha value is -1.38. The van der Waals surface area contributed by atoms with Crippen LogP contribution in [0.25, 0.3) is 0 Å². The molecule has 3 N–H and O–H groups in total. The Morgan fingerprint density at radius 3 is 1.43 bits per heavy atom. The smallest absolute Gasteiger partial charge is 0.129 e. The van der Waals surface area contributed by atoms with E-state index in [4.69, 9.17) is 0 Å². The zero-order chi connectivity index (χ0) is 11.0. The fourth-order valence-electron chi connectivity index (χ4n) is 1.57. The summed E-state index contributed by atoms with van der Waals surface area (Å²) in [7, 11) is 0. The Balaban J connectivity index is 3.60. The zero-order valence-corrected chi connectivity index (χ0v) is 8.92. The van der Waals surface area contributed by atoms with Crippen LogP contribution in [0.15, 0.2) is 0 Å². The predicted molar refractivity (Wildman–Crippen MR) is 55.0 cm³/mol. The van der Waals surface area contributed by atoms with Gasteiger partial charge in [0, 0.05) is 16.7 Å². The first-order valence-electron chi connectivity index (χ1n) is 4.61. The normalized spacial score (nSPS) is 10.9. The van der Waals surface area contributed by atoms with E-state index in [-0.39, 0.29) is 23.2 Å². The Labute approximate surface area is 83.6 Å². The fraction of sp³-hybridized carbons (Fsp3) is 0.455. The van der Waals surface area contributed by atoms with Crippen LogP contribution in [0.4, 0.5) is 0 Å². The maximum absolute atomic E-state index is 9.73. The van der Waals surface area contributed by atoms with Gasteiger partial charge in [-0.25, -0.2) is 0 Å². The van der Waals surface area contributed by atoms with E-state index in [9.17, 15) is 15.3 Å². The number of aromatic hydroxyl groups is 3. The molecule has 0 bridgehead atoms. The van der Waals surface area contributed by atoms with Crippen molar-refractivity contribution in [3.63, 3.8) is 0 Å². The Morgan fingerprint density at radius 1 is 0.786 bits per heavy atom. The lowest BCUT2D eigenvalue weighted by atomic mass is 9.94. The molecule has 0 aliphatic heterocycles. The third-order valence-corrected chi connectivity index (χ3v) is 2.51. The number of hydrogen-bond donors (Lipinski definition) is 3. The van der Waals surface area contributed by atoms with Gasteiger partial charge < -0.3 is 15.3 Å². The summed E-state index contributed by atoms with van der Waals surface area (Å²) in [4.78, 5) is 0. The van der Waals surface area contributed by atoms with Crippen molar-refractivity contribution in [3.05, 3.63) is 16.7 Å². The Kier molecular flexibility index (Phi) is 2.60. The molecule has 14 heavy (non-hydrogen) atoms. The van der Waals surface area contributed by atoms with Gasteiger partial charge in [0.2, 0.25) is 0 Å². The van der Waals surface area contributed by atoms with Gasteiger partial charge in [-0.3, -0.25) is 0 Å². The molecule has 0 heterocycles. The van der Waals surface area contributed by atoms with Crippen molar-refractivity contribution >= 4 is 0 Å². The highest BCUT2D eigenvalue weighted by atomic mass is 16.3. The summed E-state index contributed by atoms with van der Waals surface area (Å²) >= 11 is 0. The van der Waals surface area contributed by atoms with Gasteiger partial charge in [0.05, 0.1) is 0 Å². The van der Waals surface area contributed by atoms with Gasteiger partial charge in [-0.15, -0.1) is 0 Å². The molecule has 0 amide bonds. The number of phenolic OH excluding ortho intramolecular Hbond substituents is 3. The van der Waals surface area contributed by atoms with Gasteiger partial charge in [-0.2, -0.15) is 0 Å². The molecule has 3 nitrogen and oxygen atoms in total. The highest BCUT2D eigenvalue weighted by Gasteiger charge is 2.20. The molecule has 3 heteroatoms. The van der Waals surface area contributed by atoms with E-state index in [0.29, 0.717) is 16.7 Å². The van der Waals surface area contributed by atoms with Crippen LogP contribution in [0.1, 0.15) is 36.5 Å². The average Bonchev–Trinajstić information content (AvgIpc) is 2.11. The summed E-state index contributed by atoms with van der Waals surface area (Å²) in [6, 6.07) is 0. The van der Waals surface area contributed by atoms with E-state index in [1.165, 1.54) is 0 Å². The highest BCUT2D eigenvalue weighted by molar-refractivity contribution is 5.61. The third kappa shape index (κ3) is 1.39. The van der Waals surface area contributed by atoms with Gasteiger partial charge in [0.1, 0.15) is 17.2 Å². The Morgan fingerprint density at radius 2 is 1.14 bits per heavy atom. The summed E-state index contributed by atoms with van der Waals surface area (Å²) < 4.78 is 0. The van der Waals surface area contributed by atoms with Crippen LogP contribution < -0.4 is 0 Å². The Bertz CT molecular complexity index is 338. The average molecular weight is 196 g/mol. The van der Waals surface area contributed by atoms with Crippen LogP contribution in [0.2, 0.25) is 0 Å². The molecular formula is C11H16O3. The van der Waals surface area contributed by atoms with Crippen molar-refractivity contribution in [2.24, 2.45) is 0 Å². The summed E-state index contributed by atoms with van der Waals surface area (Å²) in [5.74, 6) is -0.0430. The van der Waals surface area contributed by atoms with Crippen LogP contribution in [0.3, 0.4) is 0 Å². The molecule has 1 rings (SSSR count). The highest BCUT2D eigenvalue weighted by Crippen LogP contribution is 2.43. The van der Waals surface area contributed by atoms with Crippen molar-refractivity contribution < 1.29 is 15.3 Å². The lowest BCUT2D eigenvalue weighted by Gasteiger charge is -2.16.